The van der Waals surface area contributed by atoms with Gasteiger partial charge in [0.2, 0.25) is 5.91 Å². The van der Waals surface area contributed by atoms with Crippen LogP contribution >= 0.6 is 15.9 Å². The van der Waals surface area contributed by atoms with Gasteiger partial charge in [-0.1, -0.05) is 5.92 Å². The highest BCUT2D eigenvalue weighted by molar-refractivity contribution is 9.10. The van der Waals surface area contributed by atoms with Crippen molar-refractivity contribution in [1.29, 1.82) is 0 Å². The van der Waals surface area contributed by atoms with E-state index in [2.05, 4.69) is 32.3 Å². The fraction of sp³-hybridized carbons (Fsp3) is 0.500. The van der Waals surface area contributed by atoms with Crippen LogP contribution in [0.5, 0.6) is 0 Å². The van der Waals surface area contributed by atoms with Crippen LogP contribution in [0, 0.1) is 12.3 Å². The summed E-state index contributed by atoms with van der Waals surface area (Å²) < 4.78 is 1.48. The van der Waals surface area contributed by atoms with Gasteiger partial charge in [0.15, 0.2) is 0 Å². The van der Waals surface area contributed by atoms with Gasteiger partial charge in [-0.15, -0.1) is 6.42 Å². The number of carbonyl (C=O) groups excluding carboxylic acids is 1. The molecular weight excluding hydrogens is 336 g/mol. The zero-order chi connectivity index (χ0) is 16.0. The molecule has 7 heteroatoms. The van der Waals surface area contributed by atoms with Gasteiger partial charge in [0.25, 0.3) is 5.56 Å². The van der Waals surface area contributed by atoms with Crippen LogP contribution in [-0.2, 0) is 11.3 Å². The quantitative estimate of drug-likeness (QED) is 0.782. The molecule has 21 heavy (non-hydrogen) atoms. The van der Waals surface area contributed by atoms with Gasteiger partial charge in [-0.3, -0.25) is 9.59 Å². The van der Waals surface area contributed by atoms with E-state index in [1.54, 1.807) is 11.8 Å². The van der Waals surface area contributed by atoms with Gasteiger partial charge in [-0.2, -0.15) is 5.10 Å². The summed E-state index contributed by atoms with van der Waals surface area (Å²) in [6, 6.07) is -0.453. The van der Waals surface area contributed by atoms with Crippen molar-refractivity contribution in [1.82, 2.24) is 14.7 Å². The van der Waals surface area contributed by atoms with Gasteiger partial charge in [0, 0.05) is 13.1 Å². The third-order valence-electron chi connectivity index (χ3n) is 3.04. The third kappa shape index (κ3) is 4.08. The Hall–Kier alpha value is -1.81. The number of aromatic nitrogens is 2. The van der Waals surface area contributed by atoms with Crippen LogP contribution in [-0.4, -0.2) is 39.7 Å². The number of hydrogen-bond donors (Lipinski definition) is 1. The van der Waals surface area contributed by atoms with Crippen LogP contribution in [0.2, 0.25) is 0 Å². The fourth-order valence-electron chi connectivity index (χ4n) is 1.87. The lowest BCUT2D eigenvalue weighted by Crippen LogP contribution is -2.41. The number of carbonyl (C=O) groups is 1. The summed E-state index contributed by atoms with van der Waals surface area (Å²) in [5.74, 6) is 2.33. The molecule has 1 amide bonds. The molecule has 0 aliphatic heterocycles. The Bertz CT molecular complexity index is 602. The Morgan fingerprint density at radius 2 is 2.19 bits per heavy atom. The molecular formula is C14H19BrN4O2. The zero-order valence-electron chi connectivity index (χ0n) is 12.4. The highest BCUT2D eigenvalue weighted by Crippen LogP contribution is 2.17. The lowest BCUT2D eigenvalue weighted by atomic mass is 10.2. The van der Waals surface area contributed by atoms with E-state index in [1.807, 2.05) is 13.8 Å². The Labute approximate surface area is 132 Å². The Balaban J connectivity index is 2.94. The normalized spacial score (nSPS) is 11.6. The number of nitrogens with zero attached hydrogens (tertiary/aromatic N) is 3. The summed E-state index contributed by atoms with van der Waals surface area (Å²) >= 11 is 3.22. The van der Waals surface area contributed by atoms with Gasteiger partial charge in [-0.25, -0.2) is 4.68 Å². The summed E-state index contributed by atoms with van der Waals surface area (Å²) in [4.78, 5) is 25.9. The molecule has 1 atom stereocenters. The van der Waals surface area contributed by atoms with Crippen LogP contribution in [0.1, 0.15) is 20.8 Å². The molecule has 1 aromatic heterocycles. The number of rotatable bonds is 6. The van der Waals surface area contributed by atoms with E-state index in [0.29, 0.717) is 23.2 Å². The molecule has 0 fully saturated rings. The number of anilines is 1. The average Bonchev–Trinajstić information content (AvgIpc) is 2.48. The highest BCUT2D eigenvalue weighted by Gasteiger charge is 2.19. The number of nitrogens with one attached hydrogen (secondary N) is 1. The summed E-state index contributed by atoms with van der Waals surface area (Å²) in [5.41, 5.74) is 0.140. The summed E-state index contributed by atoms with van der Waals surface area (Å²) in [6.07, 6.45) is 6.65. The first-order chi connectivity index (χ1) is 9.96. The first-order valence-corrected chi connectivity index (χ1v) is 7.49. The van der Waals surface area contributed by atoms with E-state index in [1.165, 1.54) is 10.9 Å². The predicted octanol–water partition coefficient (Wildman–Crippen LogP) is 1.31. The van der Waals surface area contributed by atoms with Crippen LogP contribution < -0.4 is 10.9 Å². The van der Waals surface area contributed by atoms with E-state index >= 15 is 0 Å². The molecule has 114 valence electrons. The first-order valence-electron chi connectivity index (χ1n) is 6.70. The minimum absolute atomic E-state index is 0.0281. The largest absolute Gasteiger partial charge is 0.372 e. The third-order valence-corrected chi connectivity index (χ3v) is 3.81. The second-order valence-electron chi connectivity index (χ2n) is 4.42. The second kappa shape index (κ2) is 7.84. The molecule has 0 aliphatic rings. The van der Waals surface area contributed by atoms with Crippen molar-refractivity contribution in [2.75, 3.05) is 18.4 Å². The molecule has 0 aromatic carbocycles. The lowest BCUT2D eigenvalue weighted by molar-refractivity contribution is -0.131. The van der Waals surface area contributed by atoms with Crippen molar-refractivity contribution in [2.45, 2.75) is 33.4 Å². The number of terminal acetylenes is 1. The van der Waals surface area contributed by atoms with E-state index in [0.717, 1.165) is 0 Å². The van der Waals surface area contributed by atoms with E-state index in [4.69, 9.17) is 6.42 Å². The predicted molar refractivity (Wildman–Crippen MR) is 86.0 cm³/mol. The molecule has 0 saturated carbocycles. The standard InChI is InChI=1S/C14H19BrN4O2/c1-5-8-19-14(21)12(15)11(9-16-19)17-10(4)13(20)18(6-2)7-3/h1,9-10,17H,6-8H2,2-4H3. The smallest absolute Gasteiger partial charge is 0.284 e. The molecule has 0 aliphatic carbocycles. The molecule has 6 nitrogen and oxygen atoms in total. The summed E-state index contributed by atoms with van der Waals surface area (Å²) in [7, 11) is 0. The Kier molecular flexibility index (Phi) is 6.43. The molecule has 0 spiro atoms. The zero-order valence-corrected chi connectivity index (χ0v) is 14.0. The molecule has 0 radical (unpaired) electrons. The van der Waals surface area contributed by atoms with E-state index < -0.39 is 6.04 Å². The van der Waals surface area contributed by atoms with Gasteiger partial charge in [0.05, 0.1) is 11.9 Å². The fourth-order valence-corrected chi connectivity index (χ4v) is 2.29. The van der Waals surface area contributed by atoms with Gasteiger partial charge >= 0.3 is 0 Å². The van der Waals surface area contributed by atoms with Crippen molar-refractivity contribution in [3.05, 3.63) is 21.0 Å². The summed E-state index contributed by atoms with van der Waals surface area (Å²) in [5, 5.41) is 6.97. The lowest BCUT2D eigenvalue weighted by Gasteiger charge is -2.24. The highest BCUT2D eigenvalue weighted by atomic mass is 79.9. The molecule has 1 heterocycles. The maximum absolute atomic E-state index is 12.2. The number of amides is 1. The molecule has 0 bridgehead atoms. The number of likely N-dealkylation sites (N-methyl/N-ethyl adjacent to an activating group) is 1. The van der Waals surface area contributed by atoms with Crippen LogP contribution in [0.25, 0.3) is 0 Å². The minimum Gasteiger partial charge on any atom is -0.372 e. The monoisotopic (exact) mass is 354 g/mol. The molecule has 1 unspecified atom stereocenters. The van der Waals surface area contributed by atoms with Crippen LogP contribution in [0.4, 0.5) is 5.69 Å². The summed E-state index contributed by atoms with van der Waals surface area (Å²) in [6.45, 7) is 6.99. The Morgan fingerprint density at radius 1 is 1.57 bits per heavy atom. The van der Waals surface area contributed by atoms with Crippen molar-refractivity contribution in [3.63, 3.8) is 0 Å². The Morgan fingerprint density at radius 3 is 2.71 bits per heavy atom. The molecule has 1 rings (SSSR count). The SMILES string of the molecule is C#CCn1ncc(NC(C)C(=O)N(CC)CC)c(Br)c1=O. The molecule has 0 saturated heterocycles. The van der Waals surface area contributed by atoms with E-state index in [-0.39, 0.29) is 18.0 Å². The van der Waals surface area contributed by atoms with Crippen molar-refractivity contribution < 1.29 is 4.79 Å². The topological polar surface area (TPSA) is 67.2 Å². The van der Waals surface area contributed by atoms with Crippen molar-refractivity contribution in [2.24, 2.45) is 0 Å². The maximum Gasteiger partial charge on any atom is 0.284 e. The number of halogens is 1. The minimum atomic E-state index is -0.453. The van der Waals surface area contributed by atoms with Gasteiger partial charge in [0.1, 0.15) is 17.1 Å². The molecule has 1 N–H and O–H groups in total. The first kappa shape index (κ1) is 17.2. The van der Waals surface area contributed by atoms with Crippen LogP contribution in [0.3, 0.4) is 0 Å². The van der Waals surface area contributed by atoms with Crippen molar-refractivity contribution in [3.8, 4) is 12.3 Å². The second-order valence-corrected chi connectivity index (χ2v) is 5.21. The molecule has 1 aromatic rings. The van der Waals surface area contributed by atoms with Gasteiger partial charge < -0.3 is 10.2 Å². The van der Waals surface area contributed by atoms with Crippen molar-refractivity contribution >= 4 is 27.5 Å². The maximum atomic E-state index is 12.2. The van der Waals surface area contributed by atoms with Crippen LogP contribution in [0.15, 0.2) is 15.5 Å². The number of hydrogen-bond acceptors (Lipinski definition) is 4. The van der Waals surface area contributed by atoms with E-state index in [9.17, 15) is 9.59 Å². The van der Waals surface area contributed by atoms with Gasteiger partial charge in [-0.05, 0) is 36.7 Å². The average molecular weight is 355 g/mol.